The number of hydrogen-bond donors (Lipinski definition) is 2. The van der Waals surface area contributed by atoms with Crippen LogP contribution in [0.2, 0.25) is 0 Å². The van der Waals surface area contributed by atoms with Gasteiger partial charge in [0.15, 0.2) is 0 Å². The Kier molecular flexibility index (Phi) is 8.43. The van der Waals surface area contributed by atoms with E-state index in [4.69, 9.17) is 15.3 Å². The minimum absolute atomic E-state index is 0.120. The highest BCUT2D eigenvalue weighted by Crippen LogP contribution is 2.17. The third kappa shape index (κ3) is 6.48. The molecule has 2 rings (SSSR count). The Balaban J connectivity index is 1.95. The number of carbonyl (C=O) groups excluding carboxylic acids is 2. The van der Waals surface area contributed by atoms with Crippen LogP contribution in [0.4, 0.5) is 4.79 Å². The number of ether oxygens (including phenoxy) is 1. The number of nitriles is 2. The summed E-state index contributed by atoms with van der Waals surface area (Å²) in [6.45, 7) is 1.77. The Labute approximate surface area is 162 Å². The molecule has 9 heteroatoms. The summed E-state index contributed by atoms with van der Waals surface area (Å²) in [5, 5.41) is 23.0. The summed E-state index contributed by atoms with van der Waals surface area (Å²) in [5.41, 5.74) is 1.47. The molecule has 2 N–H and O–H groups in total. The normalized spacial score (nSPS) is 14.5. The number of nitrogens with zero attached hydrogens (tertiary/aromatic N) is 3. The zero-order chi connectivity index (χ0) is 19.5. The van der Waals surface area contributed by atoms with E-state index in [1.807, 2.05) is 18.2 Å². The maximum Gasteiger partial charge on any atom is 0.318 e. The minimum Gasteiger partial charge on any atom is -0.378 e. The molecule has 0 aromatic heterocycles. The van der Waals surface area contributed by atoms with Gasteiger partial charge < -0.3 is 20.3 Å². The van der Waals surface area contributed by atoms with Crippen LogP contribution in [0.3, 0.4) is 0 Å². The van der Waals surface area contributed by atoms with Crippen LogP contribution < -0.4 is 10.6 Å². The number of rotatable bonds is 7. The second-order valence-electron chi connectivity index (χ2n) is 5.76. The number of benzene rings is 1. The molecule has 1 saturated heterocycles. The van der Waals surface area contributed by atoms with Crippen molar-refractivity contribution in [2.24, 2.45) is 0 Å². The summed E-state index contributed by atoms with van der Waals surface area (Å²) >= 11 is 1.44. The summed E-state index contributed by atoms with van der Waals surface area (Å²) in [5.74, 6) is 0.464. The maximum absolute atomic E-state index is 12.4. The quantitative estimate of drug-likeness (QED) is 0.670. The van der Waals surface area contributed by atoms with Gasteiger partial charge in [-0.25, -0.2) is 4.79 Å². The van der Waals surface area contributed by atoms with Crippen molar-refractivity contribution >= 4 is 23.7 Å². The molecule has 1 aliphatic rings. The lowest BCUT2D eigenvalue weighted by atomic mass is 10.1. The summed E-state index contributed by atoms with van der Waals surface area (Å²) in [7, 11) is 0. The van der Waals surface area contributed by atoms with Crippen LogP contribution in [-0.2, 0) is 15.3 Å². The van der Waals surface area contributed by atoms with Crippen molar-refractivity contribution < 1.29 is 14.3 Å². The smallest absolute Gasteiger partial charge is 0.318 e. The Bertz CT molecular complexity index is 737. The van der Waals surface area contributed by atoms with Crippen molar-refractivity contribution in [3.8, 4) is 12.1 Å². The van der Waals surface area contributed by atoms with Crippen LogP contribution in [0.25, 0.3) is 0 Å². The van der Waals surface area contributed by atoms with Crippen molar-refractivity contribution in [1.82, 2.24) is 15.5 Å². The van der Waals surface area contributed by atoms with Gasteiger partial charge >= 0.3 is 6.03 Å². The van der Waals surface area contributed by atoms with Crippen LogP contribution in [-0.4, -0.2) is 61.5 Å². The van der Waals surface area contributed by atoms with E-state index in [1.54, 1.807) is 17.0 Å². The topological polar surface area (TPSA) is 118 Å². The molecule has 1 aromatic carbocycles. The van der Waals surface area contributed by atoms with Gasteiger partial charge in [0.25, 0.3) is 0 Å². The van der Waals surface area contributed by atoms with Gasteiger partial charge in [0.1, 0.15) is 12.6 Å². The van der Waals surface area contributed by atoms with Gasteiger partial charge in [0.05, 0.1) is 30.9 Å². The average Bonchev–Trinajstić information content (AvgIpc) is 2.72. The molecule has 0 spiro atoms. The second kappa shape index (κ2) is 11.1. The van der Waals surface area contributed by atoms with Crippen molar-refractivity contribution in [2.45, 2.75) is 11.8 Å². The highest BCUT2D eigenvalue weighted by Gasteiger charge is 2.24. The van der Waals surface area contributed by atoms with Gasteiger partial charge in [0.2, 0.25) is 5.91 Å². The number of thioether (sulfide) groups is 1. The third-order valence-corrected chi connectivity index (χ3v) is 5.02. The van der Waals surface area contributed by atoms with Gasteiger partial charge in [0, 0.05) is 24.6 Å². The molecule has 1 heterocycles. The lowest BCUT2D eigenvalue weighted by Crippen LogP contribution is -2.54. The number of nitrogens with one attached hydrogen (secondary N) is 2. The van der Waals surface area contributed by atoms with E-state index in [0.29, 0.717) is 43.4 Å². The van der Waals surface area contributed by atoms with Gasteiger partial charge in [-0.2, -0.15) is 22.3 Å². The molecule has 0 saturated carbocycles. The first-order valence-corrected chi connectivity index (χ1v) is 9.64. The summed E-state index contributed by atoms with van der Waals surface area (Å²) in [6, 6.07) is 10.2. The van der Waals surface area contributed by atoms with Crippen molar-refractivity contribution in [1.29, 1.82) is 10.5 Å². The van der Waals surface area contributed by atoms with Gasteiger partial charge in [-0.3, -0.25) is 4.79 Å². The first-order valence-electron chi connectivity index (χ1n) is 8.49. The van der Waals surface area contributed by atoms with E-state index in [9.17, 15) is 9.59 Å². The molecule has 8 nitrogen and oxygen atoms in total. The van der Waals surface area contributed by atoms with Crippen molar-refractivity contribution in [3.63, 3.8) is 0 Å². The SMILES string of the molecule is N#CCNC(=O)C(CSCc1ccccc1C#N)NC(=O)N1CCOCC1. The third-order valence-electron chi connectivity index (χ3n) is 3.93. The zero-order valence-electron chi connectivity index (χ0n) is 14.8. The van der Waals surface area contributed by atoms with Crippen molar-refractivity contribution in [3.05, 3.63) is 35.4 Å². The highest BCUT2D eigenvalue weighted by atomic mass is 32.2. The van der Waals surface area contributed by atoms with E-state index in [-0.39, 0.29) is 12.6 Å². The summed E-state index contributed by atoms with van der Waals surface area (Å²) in [4.78, 5) is 26.3. The lowest BCUT2D eigenvalue weighted by Gasteiger charge is -2.29. The number of urea groups is 1. The lowest BCUT2D eigenvalue weighted by molar-refractivity contribution is -0.122. The summed E-state index contributed by atoms with van der Waals surface area (Å²) < 4.78 is 5.22. The van der Waals surface area contributed by atoms with E-state index >= 15 is 0 Å². The fourth-order valence-corrected chi connectivity index (χ4v) is 3.54. The molecule has 1 aliphatic heterocycles. The highest BCUT2D eigenvalue weighted by molar-refractivity contribution is 7.98. The Morgan fingerprint density at radius 1 is 1.26 bits per heavy atom. The summed E-state index contributed by atoms with van der Waals surface area (Å²) in [6.07, 6.45) is 0. The van der Waals surface area contributed by atoms with E-state index in [1.165, 1.54) is 11.8 Å². The molecule has 0 aliphatic carbocycles. The van der Waals surface area contributed by atoms with Crippen LogP contribution in [0, 0.1) is 22.7 Å². The standard InChI is InChI=1S/C18H21N5O3S/c19-5-6-21-17(24)16(22-18(25)23-7-9-26-10-8-23)13-27-12-15-4-2-1-3-14(15)11-20/h1-4,16H,6-10,12-13H2,(H,21,24)(H,22,25). The average molecular weight is 387 g/mol. The van der Waals surface area contributed by atoms with Gasteiger partial charge in [-0.05, 0) is 11.6 Å². The Morgan fingerprint density at radius 3 is 2.70 bits per heavy atom. The van der Waals surface area contributed by atoms with Crippen LogP contribution >= 0.6 is 11.8 Å². The molecule has 142 valence electrons. The molecule has 27 heavy (non-hydrogen) atoms. The minimum atomic E-state index is -0.770. The fraction of sp³-hybridized carbons (Fsp3) is 0.444. The van der Waals surface area contributed by atoms with Crippen molar-refractivity contribution in [2.75, 3.05) is 38.6 Å². The first kappa shape index (κ1) is 20.6. The molecule has 3 amide bonds. The first-order chi connectivity index (χ1) is 13.2. The van der Waals surface area contributed by atoms with E-state index in [2.05, 4.69) is 16.7 Å². The Morgan fingerprint density at radius 2 is 2.00 bits per heavy atom. The number of carbonyl (C=O) groups is 2. The number of hydrogen-bond acceptors (Lipinski definition) is 6. The van der Waals surface area contributed by atoms with Crippen LogP contribution in [0.1, 0.15) is 11.1 Å². The second-order valence-corrected chi connectivity index (χ2v) is 6.79. The molecule has 1 aromatic rings. The molecule has 1 atom stereocenters. The Hall–Kier alpha value is -2.75. The molecular weight excluding hydrogens is 366 g/mol. The van der Waals surface area contributed by atoms with Gasteiger partial charge in [-0.15, -0.1) is 0 Å². The molecule has 1 fully saturated rings. The predicted octanol–water partition coefficient (Wildman–Crippen LogP) is 0.842. The fourth-order valence-electron chi connectivity index (χ4n) is 2.48. The van der Waals surface area contributed by atoms with E-state index < -0.39 is 11.9 Å². The number of amides is 3. The predicted molar refractivity (Wildman–Crippen MR) is 101 cm³/mol. The molecular formula is C18H21N5O3S. The molecule has 1 unspecified atom stereocenters. The molecule has 0 bridgehead atoms. The number of morpholine rings is 1. The largest absolute Gasteiger partial charge is 0.378 e. The van der Waals surface area contributed by atoms with E-state index in [0.717, 1.165) is 5.56 Å². The van der Waals surface area contributed by atoms with Crippen LogP contribution in [0.5, 0.6) is 0 Å². The van der Waals surface area contributed by atoms with Gasteiger partial charge in [-0.1, -0.05) is 18.2 Å². The maximum atomic E-state index is 12.4. The molecule has 0 radical (unpaired) electrons. The van der Waals surface area contributed by atoms with Crippen LogP contribution in [0.15, 0.2) is 24.3 Å². The zero-order valence-corrected chi connectivity index (χ0v) is 15.6. The monoisotopic (exact) mass is 387 g/mol.